The van der Waals surface area contributed by atoms with Gasteiger partial charge in [0, 0.05) is 12.6 Å². The fraction of sp³-hybridized carbons (Fsp3) is 0.500. The molecule has 5 nitrogen and oxygen atoms in total. The van der Waals surface area contributed by atoms with Gasteiger partial charge in [0.1, 0.15) is 11.6 Å². The quantitative estimate of drug-likeness (QED) is 0.854. The molecule has 1 aromatic rings. The SMILES string of the molecule is O=C(CCOc1cccc(F)c1)NC[C@@H]1CCS(=O)(=O)C1. The lowest BCUT2D eigenvalue weighted by Crippen LogP contribution is -2.30. The fourth-order valence-corrected chi connectivity index (χ4v) is 4.06. The molecule has 0 bridgehead atoms. The van der Waals surface area contributed by atoms with Crippen molar-refractivity contribution >= 4 is 15.7 Å². The summed E-state index contributed by atoms with van der Waals surface area (Å²) in [6, 6.07) is 5.71. The van der Waals surface area contributed by atoms with Crippen LogP contribution in [-0.2, 0) is 14.6 Å². The van der Waals surface area contributed by atoms with Gasteiger partial charge >= 0.3 is 0 Å². The number of amides is 1. The summed E-state index contributed by atoms with van der Waals surface area (Å²) in [5.41, 5.74) is 0. The van der Waals surface area contributed by atoms with Gasteiger partial charge in [-0.2, -0.15) is 0 Å². The molecule has 1 aromatic carbocycles. The Labute approximate surface area is 123 Å². The summed E-state index contributed by atoms with van der Waals surface area (Å²) in [4.78, 5) is 11.6. The molecular weight excluding hydrogens is 297 g/mol. The van der Waals surface area contributed by atoms with Gasteiger partial charge in [0.15, 0.2) is 9.84 Å². The lowest BCUT2D eigenvalue weighted by atomic mass is 10.1. The number of ether oxygens (including phenoxy) is 1. The van der Waals surface area contributed by atoms with E-state index in [4.69, 9.17) is 4.74 Å². The highest BCUT2D eigenvalue weighted by atomic mass is 32.2. The number of halogens is 1. The molecular formula is C14H18FNO4S. The van der Waals surface area contributed by atoms with Gasteiger partial charge in [-0.25, -0.2) is 12.8 Å². The average molecular weight is 315 g/mol. The van der Waals surface area contributed by atoms with Crippen LogP contribution in [0.25, 0.3) is 0 Å². The van der Waals surface area contributed by atoms with Crippen molar-refractivity contribution in [1.82, 2.24) is 5.32 Å². The summed E-state index contributed by atoms with van der Waals surface area (Å²) >= 11 is 0. The first-order valence-electron chi connectivity index (χ1n) is 6.80. The normalized spacial score (nSPS) is 20.1. The molecule has 2 rings (SSSR count). The number of carbonyl (C=O) groups is 1. The summed E-state index contributed by atoms with van der Waals surface area (Å²) in [5.74, 6) is 0.145. The van der Waals surface area contributed by atoms with E-state index >= 15 is 0 Å². The molecule has 1 saturated heterocycles. The predicted octanol–water partition coefficient (Wildman–Crippen LogP) is 1.15. The first-order valence-corrected chi connectivity index (χ1v) is 8.62. The molecule has 0 saturated carbocycles. The molecule has 0 aliphatic carbocycles. The van der Waals surface area contributed by atoms with Crippen molar-refractivity contribution in [1.29, 1.82) is 0 Å². The first-order chi connectivity index (χ1) is 9.94. The minimum atomic E-state index is -2.91. The van der Waals surface area contributed by atoms with Crippen molar-refractivity contribution in [3.05, 3.63) is 30.1 Å². The van der Waals surface area contributed by atoms with Crippen LogP contribution in [0, 0.1) is 11.7 Å². The summed E-state index contributed by atoms with van der Waals surface area (Å²) < 4.78 is 40.7. The molecule has 1 heterocycles. The van der Waals surface area contributed by atoms with Crippen LogP contribution in [0.3, 0.4) is 0 Å². The summed E-state index contributed by atoms with van der Waals surface area (Å²) in [6.45, 7) is 0.524. The van der Waals surface area contributed by atoms with E-state index in [0.29, 0.717) is 18.7 Å². The average Bonchev–Trinajstić information content (AvgIpc) is 2.76. The highest BCUT2D eigenvalue weighted by Gasteiger charge is 2.27. The molecule has 116 valence electrons. The molecule has 1 amide bonds. The second-order valence-electron chi connectivity index (χ2n) is 5.13. The van der Waals surface area contributed by atoms with Crippen LogP contribution in [0.4, 0.5) is 4.39 Å². The van der Waals surface area contributed by atoms with E-state index in [1.807, 2.05) is 0 Å². The van der Waals surface area contributed by atoms with E-state index in [1.54, 1.807) is 6.07 Å². The minimum absolute atomic E-state index is 0.00286. The van der Waals surface area contributed by atoms with Crippen LogP contribution in [0.1, 0.15) is 12.8 Å². The number of hydrogen-bond donors (Lipinski definition) is 1. The number of sulfone groups is 1. The molecule has 0 radical (unpaired) electrons. The second-order valence-corrected chi connectivity index (χ2v) is 7.36. The number of hydrogen-bond acceptors (Lipinski definition) is 4. The maximum Gasteiger partial charge on any atom is 0.223 e. The molecule has 1 N–H and O–H groups in total. The van der Waals surface area contributed by atoms with Crippen molar-refractivity contribution in [2.75, 3.05) is 24.7 Å². The Balaban J connectivity index is 1.64. The third kappa shape index (κ3) is 5.34. The Hall–Kier alpha value is -1.63. The van der Waals surface area contributed by atoms with Gasteiger partial charge in [-0.05, 0) is 24.5 Å². The lowest BCUT2D eigenvalue weighted by molar-refractivity contribution is -0.121. The first kappa shape index (κ1) is 15.8. The van der Waals surface area contributed by atoms with Gasteiger partial charge < -0.3 is 10.1 Å². The van der Waals surface area contributed by atoms with E-state index in [-0.39, 0.29) is 42.2 Å². The maximum absolute atomic E-state index is 12.9. The minimum Gasteiger partial charge on any atom is -0.493 e. The van der Waals surface area contributed by atoms with Crippen LogP contribution in [0.5, 0.6) is 5.75 Å². The molecule has 1 aliphatic rings. The predicted molar refractivity (Wildman–Crippen MR) is 76.3 cm³/mol. The van der Waals surface area contributed by atoms with E-state index in [1.165, 1.54) is 18.2 Å². The largest absolute Gasteiger partial charge is 0.493 e. The Bertz CT molecular complexity index is 603. The molecule has 21 heavy (non-hydrogen) atoms. The number of carbonyl (C=O) groups excluding carboxylic acids is 1. The van der Waals surface area contributed by atoms with Gasteiger partial charge in [0.2, 0.25) is 5.91 Å². The standard InChI is InChI=1S/C14H18FNO4S/c15-12-2-1-3-13(8-12)20-6-4-14(17)16-9-11-5-7-21(18,19)10-11/h1-3,8,11H,4-7,9-10H2,(H,16,17)/t11-/m0/s1. The lowest BCUT2D eigenvalue weighted by Gasteiger charge is -2.10. The number of benzene rings is 1. The van der Waals surface area contributed by atoms with Crippen molar-refractivity contribution in [3.8, 4) is 5.75 Å². The third-order valence-corrected chi connectivity index (χ3v) is 5.15. The van der Waals surface area contributed by atoms with Crippen LogP contribution in [-0.4, -0.2) is 39.0 Å². The van der Waals surface area contributed by atoms with E-state index < -0.39 is 9.84 Å². The third-order valence-electron chi connectivity index (χ3n) is 3.31. The van der Waals surface area contributed by atoms with Crippen LogP contribution < -0.4 is 10.1 Å². The highest BCUT2D eigenvalue weighted by Crippen LogP contribution is 2.17. The van der Waals surface area contributed by atoms with E-state index in [9.17, 15) is 17.6 Å². The Morgan fingerprint density at radius 1 is 1.43 bits per heavy atom. The summed E-state index contributed by atoms with van der Waals surface area (Å²) in [6.07, 6.45) is 0.748. The van der Waals surface area contributed by atoms with E-state index in [0.717, 1.165) is 0 Å². The van der Waals surface area contributed by atoms with Gasteiger partial charge in [0.05, 0.1) is 24.5 Å². The molecule has 1 aliphatic heterocycles. The summed E-state index contributed by atoms with van der Waals surface area (Å²) in [5, 5.41) is 2.70. The summed E-state index contributed by atoms with van der Waals surface area (Å²) in [7, 11) is -2.91. The molecule has 0 unspecified atom stereocenters. The Morgan fingerprint density at radius 3 is 2.90 bits per heavy atom. The van der Waals surface area contributed by atoms with Crippen molar-refractivity contribution in [3.63, 3.8) is 0 Å². The number of nitrogens with one attached hydrogen (secondary N) is 1. The maximum atomic E-state index is 12.9. The molecule has 7 heteroatoms. The van der Waals surface area contributed by atoms with Gasteiger partial charge in [-0.1, -0.05) is 6.07 Å². The number of rotatable bonds is 6. The van der Waals surface area contributed by atoms with Crippen LogP contribution >= 0.6 is 0 Å². The van der Waals surface area contributed by atoms with Gasteiger partial charge in [-0.3, -0.25) is 4.79 Å². The zero-order valence-electron chi connectivity index (χ0n) is 11.5. The molecule has 0 aromatic heterocycles. The van der Waals surface area contributed by atoms with Crippen LogP contribution in [0.2, 0.25) is 0 Å². The zero-order chi connectivity index (χ0) is 15.3. The van der Waals surface area contributed by atoms with Crippen molar-refractivity contribution in [2.24, 2.45) is 5.92 Å². The van der Waals surface area contributed by atoms with Crippen LogP contribution in [0.15, 0.2) is 24.3 Å². The fourth-order valence-electron chi connectivity index (χ4n) is 2.20. The highest BCUT2D eigenvalue weighted by molar-refractivity contribution is 7.91. The molecule has 0 spiro atoms. The molecule has 1 atom stereocenters. The van der Waals surface area contributed by atoms with Gasteiger partial charge in [0.25, 0.3) is 0 Å². The second kappa shape index (κ2) is 6.89. The Kier molecular flexibility index (Phi) is 5.17. The molecule has 1 fully saturated rings. The topological polar surface area (TPSA) is 72.5 Å². The Morgan fingerprint density at radius 2 is 2.24 bits per heavy atom. The smallest absolute Gasteiger partial charge is 0.223 e. The van der Waals surface area contributed by atoms with Crippen molar-refractivity contribution in [2.45, 2.75) is 12.8 Å². The van der Waals surface area contributed by atoms with Gasteiger partial charge in [-0.15, -0.1) is 0 Å². The zero-order valence-corrected chi connectivity index (χ0v) is 12.4. The van der Waals surface area contributed by atoms with Crippen molar-refractivity contribution < 1.29 is 22.3 Å². The van der Waals surface area contributed by atoms with E-state index in [2.05, 4.69) is 5.32 Å². The monoisotopic (exact) mass is 315 g/mol.